The Morgan fingerprint density at radius 2 is 1.77 bits per heavy atom. The lowest BCUT2D eigenvalue weighted by Crippen LogP contribution is -2.13. The standard InChI is InChI=1S/C30H24N4O6/c1-17-25(16-40-34-17)30(39)32-22-4-2-3-19(13-22)28(37)20-8-11-23-24(29(38)33-26(23)14-20)15-31-21-9-5-18(6-10-21)7-12-27(35)36/h2-6,8-11,13-16,31H,7,12H2,1H3,(H,32,39)(H,33,38)(H,35,36)/b24-15-. The first-order valence-corrected chi connectivity index (χ1v) is 12.4. The number of rotatable bonds is 9. The van der Waals surface area contributed by atoms with E-state index in [0.29, 0.717) is 51.3 Å². The summed E-state index contributed by atoms with van der Waals surface area (Å²) in [6.45, 7) is 1.66. The number of aromatic nitrogens is 1. The van der Waals surface area contributed by atoms with Gasteiger partial charge in [0, 0.05) is 46.4 Å². The summed E-state index contributed by atoms with van der Waals surface area (Å²) in [6, 6.07) is 18.9. The van der Waals surface area contributed by atoms with E-state index in [1.807, 2.05) is 24.3 Å². The van der Waals surface area contributed by atoms with Gasteiger partial charge in [0.15, 0.2) is 5.78 Å². The van der Waals surface area contributed by atoms with Crippen molar-refractivity contribution in [1.82, 2.24) is 5.16 Å². The lowest BCUT2D eigenvalue weighted by Gasteiger charge is -2.08. The van der Waals surface area contributed by atoms with Gasteiger partial charge in [-0.2, -0.15) is 0 Å². The van der Waals surface area contributed by atoms with Gasteiger partial charge < -0.3 is 25.6 Å². The smallest absolute Gasteiger partial charge is 0.303 e. The van der Waals surface area contributed by atoms with Crippen LogP contribution in [0, 0.1) is 6.92 Å². The number of carboxylic acids is 1. The van der Waals surface area contributed by atoms with Crippen LogP contribution in [0.25, 0.3) is 5.57 Å². The van der Waals surface area contributed by atoms with Crippen LogP contribution >= 0.6 is 0 Å². The summed E-state index contributed by atoms with van der Waals surface area (Å²) < 4.78 is 4.81. The van der Waals surface area contributed by atoms with Crippen LogP contribution in [0.3, 0.4) is 0 Å². The highest BCUT2D eigenvalue weighted by molar-refractivity contribution is 6.32. The van der Waals surface area contributed by atoms with Crippen molar-refractivity contribution in [1.29, 1.82) is 0 Å². The molecule has 0 unspecified atom stereocenters. The van der Waals surface area contributed by atoms with Crippen molar-refractivity contribution < 1.29 is 28.8 Å². The second-order valence-electron chi connectivity index (χ2n) is 9.19. The summed E-state index contributed by atoms with van der Waals surface area (Å²) in [4.78, 5) is 49.1. The number of aryl methyl sites for hydroxylation is 2. The molecule has 0 saturated carbocycles. The van der Waals surface area contributed by atoms with Crippen LogP contribution in [0.4, 0.5) is 17.1 Å². The van der Waals surface area contributed by atoms with E-state index in [0.717, 1.165) is 11.3 Å². The Kier molecular flexibility index (Phi) is 7.23. The highest BCUT2D eigenvalue weighted by Crippen LogP contribution is 2.33. The molecule has 0 atom stereocenters. The van der Waals surface area contributed by atoms with Crippen molar-refractivity contribution in [2.75, 3.05) is 16.0 Å². The Morgan fingerprint density at radius 3 is 2.50 bits per heavy atom. The first-order valence-electron chi connectivity index (χ1n) is 12.4. The van der Waals surface area contributed by atoms with E-state index >= 15 is 0 Å². The largest absolute Gasteiger partial charge is 0.481 e. The van der Waals surface area contributed by atoms with Gasteiger partial charge in [-0.1, -0.05) is 41.6 Å². The van der Waals surface area contributed by atoms with Crippen LogP contribution in [0.2, 0.25) is 0 Å². The van der Waals surface area contributed by atoms with Gasteiger partial charge in [0.1, 0.15) is 11.8 Å². The lowest BCUT2D eigenvalue weighted by molar-refractivity contribution is -0.137. The number of carbonyl (C=O) groups excluding carboxylic acids is 3. The number of carboxylic acid groups (broad SMARTS) is 1. The van der Waals surface area contributed by atoms with E-state index in [-0.39, 0.29) is 18.1 Å². The molecule has 0 fully saturated rings. The van der Waals surface area contributed by atoms with Gasteiger partial charge in [-0.3, -0.25) is 19.2 Å². The Hall–Kier alpha value is -5.51. The lowest BCUT2D eigenvalue weighted by atomic mass is 9.99. The fourth-order valence-corrected chi connectivity index (χ4v) is 4.27. The minimum absolute atomic E-state index is 0.0595. The average molecular weight is 537 g/mol. The molecular formula is C30H24N4O6. The van der Waals surface area contributed by atoms with Gasteiger partial charge >= 0.3 is 5.97 Å². The zero-order chi connectivity index (χ0) is 28.2. The number of ketones is 1. The number of amides is 2. The number of hydrogen-bond donors (Lipinski definition) is 4. The third-order valence-corrected chi connectivity index (χ3v) is 6.41. The van der Waals surface area contributed by atoms with Gasteiger partial charge in [-0.15, -0.1) is 0 Å². The van der Waals surface area contributed by atoms with Gasteiger partial charge in [-0.05, 0) is 49.2 Å². The number of nitrogens with one attached hydrogen (secondary N) is 3. The molecule has 0 radical (unpaired) electrons. The molecule has 4 N–H and O–H groups in total. The summed E-state index contributed by atoms with van der Waals surface area (Å²) in [5.74, 6) is -1.82. The third kappa shape index (κ3) is 5.65. The van der Waals surface area contributed by atoms with Crippen molar-refractivity contribution in [2.24, 2.45) is 0 Å². The van der Waals surface area contributed by atoms with Crippen LogP contribution in [0.15, 0.2) is 83.7 Å². The van der Waals surface area contributed by atoms with Crippen LogP contribution in [-0.2, 0) is 16.0 Å². The number of aliphatic carboxylic acids is 1. The molecular weight excluding hydrogens is 512 g/mol. The van der Waals surface area contributed by atoms with Gasteiger partial charge in [0.25, 0.3) is 11.8 Å². The van der Waals surface area contributed by atoms with Gasteiger partial charge in [-0.25, -0.2) is 0 Å². The maximum atomic E-state index is 13.2. The number of fused-ring (bicyclic) bond motifs is 1. The van der Waals surface area contributed by atoms with E-state index in [1.165, 1.54) is 6.26 Å². The monoisotopic (exact) mass is 536 g/mol. The van der Waals surface area contributed by atoms with E-state index in [4.69, 9.17) is 9.63 Å². The maximum absolute atomic E-state index is 13.2. The van der Waals surface area contributed by atoms with Crippen LogP contribution in [0.1, 0.15) is 49.5 Å². The van der Waals surface area contributed by atoms with E-state index in [2.05, 4.69) is 21.1 Å². The molecule has 10 heteroatoms. The molecule has 1 aliphatic rings. The second-order valence-corrected chi connectivity index (χ2v) is 9.19. The first kappa shape index (κ1) is 26.1. The SMILES string of the molecule is Cc1nocc1C(=O)Nc1cccc(C(=O)c2ccc3c(c2)NC(=O)/C3=C\Nc2ccc(CCC(=O)O)cc2)c1. The molecule has 1 aromatic heterocycles. The Balaban J connectivity index is 1.29. The van der Waals surface area contributed by atoms with Crippen molar-refractivity contribution >= 4 is 46.2 Å². The summed E-state index contributed by atoms with van der Waals surface area (Å²) in [6.07, 6.45) is 3.36. The maximum Gasteiger partial charge on any atom is 0.303 e. The molecule has 40 heavy (non-hydrogen) atoms. The first-order chi connectivity index (χ1) is 19.3. The minimum Gasteiger partial charge on any atom is -0.481 e. The molecule has 0 saturated heterocycles. The van der Waals surface area contributed by atoms with Crippen LogP contribution in [-0.4, -0.2) is 33.8 Å². The topological polar surface area (TPSA) is 151 Å². The summed E-state index contributed by atoms with van der Waals surface area (Å²) in [5.41, 5.74) is 5.17. The van der Waals surface area contributed by atoms with Crippen LogP contribution in [0.5, 0.6) is 0 Å². The van der Waals surface area contributed by atoms with E-state index < -0.39 is 11.9 Å². The molecule has 3 aromatic carbocycles. The highest BCUT2D eigenvalue weighted by atomic mass is 16.5. The zero-order valence-corrected chi connectivity index (χ0v) is 21.4. The number of hydrogen-bond acceptors (Lipinski definition) is 7. The van der Waals surface area contributed by atoms with Crippen molar-refractivity contribution in [3.63, 3.8) is 0 Å². The fourth-order valence-electron chi connectivity index (χ4n) is 4.27. The molecule has 0 aliphatic carbocycles. The summed E-state index contributed by atoms with van der Waals surface area (Å²) in [5, 5.41) is 21.2. The van der Waals surface area contributed by atoms with E-state index in [9.17, 15) is 19.2 Å². The molecule has 2 amide bonds. The number of carbonyl (C=O) groups is 4. The third-order valence-electron chi connectivity index (χ3n) is 6.41. The average Bonchev–Trinajstić information content (AvgIpc) is 3.52. The summed E-state index contributed by atoms with van der Waals surface area (Å²) >= 11 is 0. The Labute approximate surface area is 228 Å². The molecule has 0 spiro atoms. The molecule has 200 valence electrons. The number of nitrogens with zero attached hydrogens (tertiary/aromatic N) is 1. The van der Waals surface area contributed by atoms with Crippen molar-refractivity contribution in [3.05, 3.63) is 113 Å². The van der Waals surface area contributed by atoms with Crippen molar-refractivity contribution in [2.45, 2.75) is 19.8 Å². The Bertz CT molecular complexity index is 1670. The molecule has 5 rings (SSSR count). The minimum atomic E-state index is -0.848. The zero-order valence-electron chi connectivity index (χ0n) is 21.4. The molecule has 10 nitrogen and oxygen atoms in total. The molecule has 2 heterocycles. The second kappa shape index (κ2) is 11.1. The number of anilines is 3. The van der Waals surface area contributed by atoms with Gasteiger partial charge in [0.2, 0.25) is 0 Å². The molecule has 4 aromatic rings. The number of benzene rings is 3. The predicted octanol–water partition coefficient (Wildman–Crippen LogP) is 4.89. The van der Waals surface area contributed by atoms with Crippen molar-refractivity contribution in [3.8, 4) is 0 Å². The predicted molar refractivity (Wildman–Crippen MR) is 148 cm³/mol. The molecule has 1 aliphatic heterocycles. The summed E-state index contributed by atoms with van der Waals surface area (Å²) in [7, 11) is 0. The quantitative estimate of drug-likeness (QED) is 0.174. The fraction of sp³-hybridized carbons (Fsp3) is 0.100. The Morgan fingerprint density at radius 1 is 1.00 bits per heavy atom. The molecule has 0 bridgehead atoms. The highest BCUT2D eigenvalue weighted by Gasteiger charge is 2.25. The normalized spacial score (nSPS) is 13.0. The van der Waals surface area contributed by atoms with E-state index in [1.54, 1.807) is 55.6 Å². The van der Waals surface area contributed by atoms with Gasteiger partial charge in [0.05, 0.1) is 11.3 Å². The van der Waals surface area contributed by atoms with Crippen LogP contribution < -0.4 is 16.0 Å².